The number of H-pyrrole nitrogens is 1. The van der Waals surface area contributed by atoms with Gasteiger partial charge in [-0.2, -0.15) is 0 Å². The maximum Gasteiger partial charge on any atom is 0.325 e. The maximum absolute atomic E-state index is 11.5. The molecule has 17 heteroatoms. The van der Waals surface area contributed by atoms with Crippen LogP contribution in [0.25, 0.3) is 54.6 Å². The van der Waals surface area contributed by atoms with Crippen LogP contribution in [0.2, 0.25) is 0 Å². The van der Waals surface area contributed by atoms with Crippen LogP contribution < -0.4 is 20.1 Å². The van der Waals surface area contributed by atoms with Gasteiger partial charge in [-0.05, 0) is 56.3 Å². The van der Waals surface area contributed by atoms with Crippen molar-refractivity contribution in [3.63, 3.8) is 0 Å². The molecule has 0 radical (unpaired) electrons. The molecule has 302 valence electrons. The van der Waals surface area contributed by atoms with E-state index >= 15 is 0 Å². The highest BCUT2D eigenvalue weighted by molar-refractivity contribution is 7.52. The fourth-order valence-electron chi connectivity index (χ4n) is 6.28. The molecule has 3 aromatic heterocycles. The summed E-state index contributed by atoms with van der Waals surface area (Å²) in [6, 6.07) is 31.1. The van der Waals surface area contributed by atoms with Gasteiger partial charge in [0, 0.05) is 53.5 Å². The number of hydrogen-bond acceptors (Lipinski definition) is 12. The van der Waals surface area contributed by atoms with Crippen molar-refractivity contribution in [1.29, 1.82) is 0 Å². The van der Waals surface area contributed by atoms with Crippen LogP contribution in [0.3, 0.4) is 0 Å². The fourth-order valence-corrected chi connectivity index (χ4v) is 7.78. The molecule has 3 heterocycles. The highest BCUT2D eigenvalue weighted by Gasteiger charge is 2.25. The molecule has 4 aromatic carbocycles. The van der Waals surface area contributed by atoms with Gasteiger partial charge in [-0.1, -0.05) is 54.6 Å². The van der Waals surface area contributed by atoms with Gasteiger partial charge in [0.15, 0.2) is 5.75 Å². The molecule has 6 unspecified atom stereocenters. The molecule has 0 aliphatic rings. The monoisotopic (exact) mass is 819 g/mol. The normalized spacial score (nSPS) is 16.1. The molecule has 0 aliphatic heterocycles. The molecule has 0 saturated heterocycles. The Balaban J connectivity index is 0.000000194. The number of nitrogens with zero attached hydrogens (tertiary/aromatic N) is 2. The largest absolute Gasteiger partial charge is 0.477 e. The Morgan fingerprint density at radius 3 is 1.49 bits per heavy atom. The number of hydrogen-bond donors (Lipinski definition) is 7. The predicted molar refractivity (Wildman–Crippen MR) is 222 cm³/mol. The van der Waals surface area contributed by atoms with Crippen molar-refractivity contribution in [2.75, 3.05) is 39.9 Å². The van der Waals surface area contributed by atoms with Gasteiger partial charge in [0.05, 0.1) is 28.8 Å². The number of ether oxygens (including phenoxy) is 2. The summed E-state index contributed by atoms with van der Waals surface area (Å²) in [6.45, 7) is 5.77. The maximum atomic E-state index is 11.5. The number of aliphatic hydroxyl groups is 2. The van der Waals surface area contributed by atoms with Gasteiger partial charge in [0.1, 0.15) is 42.5 Å². The van der Waals surface area contributed by atoms with Crippen LogP contribution in [0.5, 0.6) is 11.5 Å². The smallest absolute Gasteiger partial charge is 0.325 e. The molecule has 0 amide bonds. The molecule has 0 bridgehead atoms. The van der Waals surface area contributed by atoms with E-state index in [0.717, 1.165) is 68.0 Å². The average molecular weight is 820 g/mol. The topological polar surface area (TPSA) is 218 Å². The summed E-state index contributed by atoms with van der Waals surface area (Å²) >= 11 is 0. The second-order valence-electron chi connectivity index (χ2n) is 13.7. The van der Waals surface area contributed by atoms with Crippen LogP contribution in [0, 0.1) is 0 Å². The zero-order valence-electron chi connectivity index (χ0n) is 31.9. The molecule has 6 atom stereocenters. The minimum atomic E-state index is -3.72. The van der Waals surface area contributed by atoms with Gasteiger partial charge in [-0.3, -0.25) is 19.8 Å². The summed E-state index contributed by atoms with van der Waals surface area (Å²) in [7, 11) is -7.42. The van der Waals surface area contributed by atoms with E-state index in [9.17, 15) is 29.1 Å². The molecule has 7 rings (SSSR count). The Labute approximate surface area is 329 Å². The lowest BCUT2D eigenvalue weighted by atomic mass is 10.1. The lowest BCUT2D eigenvalue weighted by Crippen LogP contribution is -2.37. The van der Waals surface area contributed by atoms with E-state index in [2.05, 4.69) is 20.6 Å². The van der Waals surface area contributed by atoms with Crippen LogP contribution in [-0.2, 0) is 18.2 Å². The molecule has 0 aliphatic carbocycles. The minimum Gasteiger partial charge on any atom is -0.477 e. The zero-order valence-corrected chi connectivity index (χ0v) is 33.7. The SMILES string of the molecule is CC(O)C(CNCOc1c2ccccc2nc2c1[nH]c1ccccc12)OP(C)(=O)O.CC(O)C(CNCOc1c2ccccc2nc2ccccc12)OP(C)(=O)O. The number of benzene rings is 4. The van der Waals surface area contributed by atoms with Crippen LogP contribution >= 0.6 is 15.2 Å². The van der Waals surface area contributed by atoms with Gasteiger partial charge in [-0.15, -0.1) is 0 Å². The van der Waals surface area contributed by atoms with E-state index in [4.69, 9.17) is 23.5 Å². The van der Waals surface area contributed by atoms with Crippen molar-refractivity contribution < 1.29 is 47.7 Å². The van der Waals surface area contributed by atoms with Crippen molar-refractivity contribution in [3.8, 4) is 11.5 Å². The highest BCUT2D eigenvalue weighted by Crippen LogP contribution is 2.40. The first kappa shape index (κ1) is 42.1. The molecule has 15 nitrogen and oxygen atoms in total. The Morgan fingerprint density at radius 2 is 1.02 bits per heavy atom. The van der Waals surface area contributed by atoms with Gasteiger partial charge in [0.25, 0.3) is 0 Å². The van der Waals surface area contributed by atoms with Crippen LogP contribution in [-0.4, -0.2) is 99.2 Å². The molecule has 7 aromatic rings. The van der Waals surface area contributed by atoms with Gasteiger partial charge in [-0.25, -0.2) is 9.97 Å². The second kappa shape index (κ2) is 18.4. The molecular formula is C40H47N5O10P2. The van der Waals surface area contributed by atoms with Crippen LogP contribution in [0.1, 0.15) is 13.8 Å². The van der Waals surface area contributed by atoms with Crippen LogP contribution in [0.15, 0.2) is 97.1 Å². The number of aromatic amines is 1. The fraction of sp³-hybridized carbons (Fsp3) is 0.300. The zero-order chi connectivity index (χ0) is 40.7. The Bertz CT molecular complexity index is 2500. The van der Waals surface area contributed by atoms with E-state index in [1.807, 2.05) is 97.1 Å². The Kier molecular flexibility index (Phi) is 13.6. The standard InChI is InChI=1S/C21H24N3O5P.C19H23N2O5P/c1-13(25)18(29-30(2,26)27)11-22-12-28-21-15-8-4-6-10-17(15)23-19-14-7-3-5-9-16(14)24-20(19)21;1-13(22)18(26-27(2,23)24)11-20-12-25-19-14-7-3-5-9-16(14)21-17-10-6-4-8-15(17)19/h3-10,13,18,22,24-25H,11-12H2,1-2H3,(H,26,27);3-10,13,18,20,22H,11-12H2,1-2H3,(H,23,24). The van der Waals surface area contributed by atoms with Gasteiger partial charge < -0.3 is 43.5 Å². The first-order chi connectivity index (χ1) is 27.2. The number of para-hydroxylation sites is 4. The average Bonchev–Trinajstić information content (AvgIpc) is 3.54. The van der Waals surface area contributed by atoms with E-state index in [1.165, 1.54) is 13.8 Å². The van der Waals surface area contributed by atoms with E-state index in [0.29, 0.717) is 11.5 Å². The summed E-state index contributed by atoms with van der Waals surface area (Å²) in [5, 5.41) is 29.2. The molecular weight excluding hydrogens is 772 g/mol. The summed E-state index contributed by atoms with van der Waals surface area (Å²) < 4.78 is 45.1. The second-order valence-corrected chi connectivity index (χ2v) is 17.3. The Morgan fingerprint density at radius 1 is 0.614 bits per heavy atom. The summed E-state index contributed by atoms with van der Waals surface area (Å²) in [4.78, 5) is 31.6. The first-order valence-electron chi connectivity index (χ1n) is 18.3. The van der Waals surface area contributed by atoms with Crippen molar-refractivity contribution in [1.82, 2.24) is 25.6 Å². The van der Waals surface area contributed by atoms with E-state index in [-0.39, 0.29) is 26.6 Å². The molecule has 57 heavy (non-hydrogen) atoms. The summed E-state index contributed by atoms with van der Waals surface area (Å²) in [6.07, 6.45) is -3.47. The van der Waals surface area contributed by atoms with E-state index in [1.54, 1.807) is 0 Å². The van der Waals surface area contributed by atoms with Crippen molar-refractivity contribution in [3.05, 3.63) is 97.1 Å². The lowest BCUT2D eigenvalue weighted by Gasteiger charge is -2.22. The van der Waals surface area contributed by atoms with Crippen molar-refractivity contribution in [2.24, 2.45) is 0 Å². The molecule has 7 N–H and O–H groups in total. The van der Waals surface area contributed by atoms with Crippen molar-refractivity contribution in [2.45, 2.75) is 38.3 Å². The number of aliphatic hydroxyl groups excluding tert-OH is 2. The lowest BCUT2D eigenvalue weighted by molar-refractivity contribution is 0.0393. The highest BCUT2D eigenvalue weighted by atomic mass is 31.2. The summed E-state index contributed by atoms with van der Waals surface area (Å²) in [5.41, 5.74) is 5.09. The third-order valence-corrected chi connectivity index (χ3v) is 10.2. The minimum absolute atomic E-state index is 0.116. The third-order valence-electron chi connectivity index (χ3n) is 8.89. The van der Waals surface area contributed by atoms with Crippen molar-refractivity contribution >= 4 is 69.8 Å². The number of rotatable bonds is 16. The molecule has 0 fully saturated rings. The molecule has 0 spiro atoms. The van der Waals surface area contributed by atoms with Gasteiger partial charge >= 0.3 is 15.2 Å². The number of fused-ring (bicyclic) bond motifs is 6. The quantitative estimate of drug-likeness (QED) is 0.0248. The van der Waals surface area contributed by atoms with Gasteiger partial charge in [0.2, 0.25) is 0 Å². The number of aromatic nitrogens is 3. The first-order valence-corrected chi connectivity index (χ1v) is 22.3. The molecule has 0 saturated carbocycles. The predicted octanol–water partition coefficient (Wildman–Crippen LogP) is 6.27. The Hall–Kier alpha value is -4.50. The number of pyridine rings is 2. The number of nitrogens with one attached hydrogen (secondary N) is 3. The van der Waals surface area contributed by atoms with E-state index < -0.39 is 39.6 Å². The third kappa shape index (κ3) is 10.9. The summed E-state index contributed by atoms with van der Waals surface area (Å²) in [5.74, 6) is 1.37. The van der Waals surface area contributed by atoms with Crippen LogP contribution in [0.4, 0.5) is 0 Å².